The molecule has 30 heavy (non-hydrogen) atoms. The van der Waals surface area contributed by atoms with Crippen molar-refractivity contribution in [2.75, 3.05) is 26.3 Å². The molecule has 2 atom stereocenters. The van der Waals surface area contributed by atoms with Crippen LogP contribution in [0.4, 0.5) is 4.79 Å². The topological polar surface area (TPSA) is 62.8 Å². The van der Waals surface area contributed by atoms with Gasteiger partial charge in [0, 0.05) is 12.6 Å². The monoisotopic (exact) mass is 407 g/mol. The lowest BCUT2D eigenvalue weighted by Crippen LogP contribution is -2.49. The number of benzene rings is 2. The molecule has 0 radical (unpaired) electrons. The molecule has 0 bridgehead atoms. The van der Waals surface area contributed by atoms with Crippen molar-refractivity contribution in [1.29, 1.82) is 0 Å². The van der Waals surface area contributed by atoms with E-state index in [0.717, 1.165) is 43.0 Å². The van der Waals surface area contributed by atoms with Crippen molar-refractivity contribution in [1.82, 2.24) is 15.5 Å². The van der Waals surface area contributed by atoms with Crippen LogP contribution in [-0.2, 0) is 13.0 Å². The molecular formula is C24H29N3O3. The van der Waals surface area contributed by atoms with Crippen molar-refractivity contribution in [2.45, 2.75) is 43.8 Å². The number of amides is 2. The first-order valence-electron chi connectivity index (χ1n) is 10.9. The molecule has 1 saturated heterocycles. The first-order valence-corrected chi connectivity index (χ1v) is 10.9. The van der Waals surface area contributed by atoms with Gasteiger partial charge in [0.15, 0.2) is 11.5 Å². The number of ether oxygens (including phenoxy) is 2. The maximum absolute atomic E-state index is 12.8. The normalized spacial score (nSPS) is 25.0. The zero-order valence-corrected chi connectivity index (χ0v) is 17.2. The molecule has 6 nitrogen and oxygen atoms in total. The minimum absolute atomic E-state index is 0.0990. The van der Waals surface area contributed by atoms with Gasteiger partial charge in [-0.3, -0.25) is 4.90 Å². The number of rotatable bonds is 6. The van der Waals surface area contributed by atoms with Crippen molar-refractivity contribution >= 4 is 6.03 Å². The largest absolute Gasteiger partial charge is 0.486 e. The van der Waals surface area contributed by atoms with Crippen molar-refractivity contribution in [3.63, 3.8) is 0 Å². The first-order chi connectivity index (χ1) is 14.7. The summed E-state index contributed by atoms with van der Waals surface area (Å²) in [5, 5.41) is 6.36. The Morgan fingerprint density at radius 3 is 2.57 bits per heavy atom. The molecule has 2 aliphatic heterocycles. The highest BCUT2D eigenvalue weighted by Gasteiger charge is 2.58. The third-order valence-electron chi connectivity index (χ3n) is 6.40. The maximum Gasteiger partial charge on any atom is 0.315 e. The molecule has 0 spiro atoms. The molecule has 1 aliphatic carbocycles. The minimum Gasteiger partial charge on any atom is -0.486 e. The van der Waals surface area contributed by atoms with E-state index in [1.165, 1.54) is 18.4 Å². The Labute approximate surface area is 177 Å². The van der Waals surface area contributed by atoms with Crippen molar-refractivity contribution in [2.24, 2.45) is 0 Å². The second kappa shape index (κ2) is 8.19. The maximum atomic E-state index is 12.8. The number of nitrogens with zero attached hydrogens (tertiary/aromatic N) is 1. The number of nitrogens with one attached hydrogen (secondary N) is 2. The number of carbonyl (C=O) groups is 1. The van der Waals surface area contributed by atoms with Crippen LogP contribution in [0.5, 0.6) is 11.5 Å². The van der Waals surface area contributed by atoms with E-state index in [-0.39, 0.29) is 11.6 Å². The fourth-order valence-electron chi connectivity index (χ4n) is 4.80. The highest BCUT2D eigenvalue weighted by Crippen LogP contribution is 2.45. The molecule has 1 saturated carbocycles. The van der Waals surface area contributed by atoms with Gasteiger partial charge in [-0.2, -0.15) is 0 Å². The van der Waals surface area contributed by atoms with E-state index >= 15 is 0 Å². The van der Waals surface area contributed by atoms with Crippen LogP contribution in [-0.4, -0.2) is 48.8 Å². The van der Waals surface area contributed by atoms with Crippen LogP contribution >= 0.6 is 0 Å². The van der Waals surface area contributed by atoms with Gasteiger partial charge < -0.3 is 20.1 Å². The van der Waals surface area contributed by atoms with Crippen LogP contribution in [0, 0.1) is 0 Å². The lowest BCUT2D eigenvalue weighted by atomic mass is 10.0. The SMILES string of the molecule is O=C(NCc1ccccc1)NC1(Cc2ccc3c(c2)OCCO3)CC1N1CCCC1. The molecule has 2 aromatic rings. The van der Waals surface area contributed by atoms with Gasteiger partial charge in [0.25, 0.3) is 0 Å². The predicted octanol–water partition coefficient (Wildman–Crippen LogP) is 3.11. The average molecular weight is 408 g/mol. The Bertz CT molecular complexity index is 898. The van der Waals surface area contributed by atoms with Crippen LogP contribution in [0.25, 0.3) is 0 Å². The van der Waals surface area contributed by atoms with Gasteiger partial charge in [-0.25, -0.2) is 4.79 Å². The molecule has 2 aromatic carbocycles. The summed E-state index contributed by atoms with van der Waals surface area (Å²) in [5.41, 5.74) is 2.04. The van der Waals surface area contributed by atoms with Crippen LogP contribution in [0.1, 0.15) is 30.4 Å². The van der Waals surface area contributed by atoms with E-state index in [1.807, 2.05) is 36.4 Å². The molecule has 2 heterocycles. The van der Waals surface area contributed by atoms with E-state index in [2.05, 4.69) is 27.7 Å². The Hall–Kier alpha value is -2.73. The van der Waals surface area contributed by atoms with Gasteiger partial charge in [-0.15, -0.1) is 0 Å². The third-order valence-corrected chi connectivity index (χ3v) is 6.40. The van der Waals surface area contributed by atoms with E-state index < -0.39 is 0 Å². The molecular weight excluding hydrogens is 378 g/mol. The van der Waals surface area contributed by atoms with Gasteiger partial charge in [-0.05, 0) is 62.0 Å². The quantitative estimate of drug-likeness (QED) is 0.773. The lowest BCUT2D eigenvalue weighted by molar-refractivity contribution is 0.171. The van der Waals surface area contributed by atoms with Gasteiger partial charge in [0.05, 0.1) is 5.54 Å². The summed E-state index contributed by atoms with van der Waals surface area (Å²) in [7, 11) is 0. The van der Waals surface area contributed by atoms with E-state index in [0.29, 0.717) is 25.8 Å². The van der Waals surface area contributed by atoms with E-state index in [9.17, 15) is 4.79 Å². The van der Waals surface area contributed by atoms with E-state index in [4.69, 9.17) is 9.47 Å². The summed E-state index contributed by atoms with van der Waals surface area (Å²) in [6.07, 6.45) is 4.28. The third kappa shape index (κ3) is 4.10. The fraction of sp³-hybridized carbons (Fsp3) is 0.458. The predicted molar refractivity (Wildman–Crippen MR) is 115 cm³/mol. The number of hydrogen-bond donors (Lipinski definition) is 2. The molecule has 2 unspecified atom stereocenters. The summed E-state index contributed by atoms with van der Waals surface area (Å²) >= 11 is 0. The molecule has 3 aliphatic rings. The first kappa shape index (κ1) is 19.2. The van der Waals surface area contributed by atoms with Gasteiger partial charge in [0.1, 0.15) is 13.2 Å². The van der Waals surface area contributed by atoms with Crippen molar-refractivity contribution < 1.29 is 14.3 Å². The van der Waals surface area contributed by atoms with Crippen molar-refractivity contribution in [3.8, 4) is 11.5 Å². The molecule has 2 amide bonds. The summed E-state index contributed by atoms with van der Waals surface area (Å²) < 4.78 is 11.4. The summed E-state index contributed by atoms with van der Waals surface area (Å²) in [6.45, 7) is 3.96. The zero-order chi connectivity index (χ0) is 20.4. The molecule has 2 fully saturated rings. The Morgan fingerprint density at radius 1 is 1.00 bits per heavy atom. The van der Waals surface area contributed by atoms with E-state index in [1.54, 1.807) is 0 Å². The molecule has 158 valence electrons. The number of hydrogen-bond acceptors (Lipinski definition) is 4. The number of carbonyl (C=O) groups excluding carboxylic acids is 1. The summed E-state index contributed by atoms with van der Waals surface area (Å²) in [5.74, 6) is 1.61. The van der Waals surface area contributed by atoms with Gasteiger partial charge >= 0.3 is 6.03 Å². The zero-order valence-electron chi connectivity index (χ0n) is 17.2. The van der Waals surface area contributed by atoms with Crippen LogP contribution in [0.2, 0.25) is 0 Å². The fourth-order valence-corrected chi connectivity index (χ4v) is 4.80. The number of fused-ring (bicyclic) bond motifs is 1. The lowest BCUT2D eigenvalue weighted by Gasteiger charge is -2.25. The molecule has 5 rings (SSSR count). The number of urea groups is 1. The molecule has 6 heteroatoms. The highest BCUT2D eigenvalue weighted by atomic mass is 16.6. The minimum atomic E-state index is -0.227. The average Bonchev–Trinajstić information content (AvgIpc) is 3.20. The number of likely N-dealkylation sites (tertiary alicyclic amines) is 1. The second-order valence-electron chi connectivity index (χ2n) is 8.57. The van der Waals surface area contributed by atoms with Crippen molar-refractivity contribution in [3.05, 3.63) is 59.7 Å². The highest BCUT2D eigenvalue weighted by molar-refractivity contribution is 5.75. The second-order valence-corrected chi connectivity index (χ2v) is 8.57. The molecule has 0 aromatic heterocycles. The Morgan fingerprint density at radius 2 is 1.77 bits per heavy atom. The molecule has 2 N–H and O–H groups in total. The van der Waals surface area contributed by atoms with Crippen LogP contribution < -0.4 is 20.1 Å². The van der Waals surface area contributed by atoms with Gasteiger partial charge in [-0.1, -0.05) is 36.4 Å². The Kier molecular flexibility index (Phi) is 5.25. The summed E-state index contributed by atoms with van der Waals surface area (Å²) in [4.78, 5) is 15.3. The smallest absolute Gasteiger partial charge is 0.315 e. The standard InChI is InChI=1S/C24H29N3O3/c28-23(25-17-18-6-2-1-3-7-18)26-24(16-22(24)27-10-4-5-11-27)15-19-8-9-20-21(14-19)30-13-12-29-20/h1-3,6-9,14,22H,4-5,10-13,15-17H2,(H2,25,26,28). The van der Waals surface area contributed by atoms with Crippen LogP contribution in [0.3, 0.4) is 0 Å². The Balaban J connectivity index is 1.28. The van der Waals surface area contributed by atoms with Crippen LogP contribution in [0.15, 0.2) is 48.5 Å². The van der Waals surface area contributed by atoms with Gasteiger partial charge in [0.2, 0.25) is 0 Å². The summed E-state index contributed by atoms with van der Waals surface area (Å²) in [6, 6.07) is 16.5.